The predicted molar refractivity (Wildman–Crippen MR) is 58.5 cm³/mol. The van der Waals surface area contributed by atoms with Gasteiger partial charge in [0.1, 0.15) is 0 Å². The molecule has 0 amide bonds. The van der Waals surface area contributed by atoms with Gasteiger partial charge in [0.25, 0.3) is 0 Å². The monoisotopic (exact) mass is 205 g/mol. The van der Waals surface area contributed by atoms with E-state index in [-0.39, 0.29) is 0 Å². The number of hydrogen-bond acceptors (Lipinski definition) is 3. The van der Waals surface area contributed by atoms with Gasteiger partial charge >= 0.3 is 0 Å². The lowest BCUT2D eigenvalue weighted by Crippen LogP contribution is -2.05. The molecule has 0 atom stereocenters. The molecule has 0 aliphatic heterocycles. The van der Waals surface area contributed by atoms with Crippen LogP contribution in [0.2, 0.25) is 0 Å². The lowest BCUT2D eigenvalue weighted by molar-refractivity contribution is 0.738. The van der Waals surface area contributed by atoms with Gasteiger partial charge in [0.2, 0.25) is 5.95 Å². The zero-order chi connectivity index (χ0) is 10.8. The first-order valence-corrected chi connectivity index (χ1v) is 4.87. The smallest absolute Gasteiger partial charge is 0.202 e. The van der Waals surface area contributed by atoms with Crippen LogP contribution in [0.5, 0.6) is 0 Å². The van der Waals surface area contributed by atoms with Crippen LogP contribution in [0.1, 0.15) is 11.3 Å². The first kappa shape index (κ1) is 9.76. The number of aryl methyl sites for hydroxylation is 2. The van der Waals surface area contributed by atoms with Gasteiger partial charge in [-0.15, -0.1) is 0 Å². The maximum Gasteiger partial charge on any atom is 0.202 e. The van der Waals surface area contributed by atoms with Crippen molar-refractivity contribution in [2.75, 3.05) is 5.32 Å². The topological polar surface area (TPSA) is 47.7 Å². The van der Waals surface area contributed by atoms with E-state index in [4.69, 9.17) is 0 Å². The number of hydrogen-bond donors (Lipinski definition) is 1. The van der Waals surface area contributed by atoms with Crippen molar-refractivity contribution in [3.05, 3.63) is 29.8 Å². The molecular formula is C10H15N5. The van der Waals surface area contributed by atoms with Gasteiger partial charge in [-0.25, -0.2) is 4.98 Å². The van der Waals surface area contributed by atoms with Crippen molar-refractivity contribution in [3.8, 4) is 0 Å². The van der Waals surface area contributed by atoms with Crippen molar-refractivity contribution in [2.45, 2.75) is 13.5 Å². The fourth-order valence-electron chi connectivity index (χ4n) is 1.43. The second-order valence-corrected chi connectivity index (χ2v) is 3.59. The fraction of sp³-hybridized carbons (Fsp3) is 0.400. The van der Waals surface area contributed by atoms with Gasteiger partial charge in [-0.1, -0.05) is 0 Å². The minimum Gasteiger partial charge on any atom is -0.351 e. The lowest BCUT2D eigenvalue weighted by Gasteiger charge is -2.05. The highest BCUT2D eigenvalue weighted by molar-refractivity contribution is 5.29. The first-order valence-electron chi connectivity index (χ1n) is 4.87. The average molecular weight is 205 g/mol. The molecule has 0 aromatic carbocycles. The highest BCUT2D eigenvalue weighted by Crippen LogP contribution is 2.08. The van der Waals surface area contributed by atoms with Gasteiger partial charge in [-0.2, -0.15) is 5.10 Å². The second kappa shape index (κ2) is 3.76. The van der Waals surface area contributed by atoms with Crippen molar-refractivity contribution in [3.63, 3.8) is 0 Å². The Morgan fingerprint density at radius 1 is 1.40 bits per heavy atom. The Morgan fingerprint density at radius 2 is 2.20 bits per heavy atom. The molecule has 0 spiro atoms. The summed E-state index contributed by atoms with van der Waals surface area (Å²) in [6, 6.07) is 0. The third kappa shape index (κ3) is 1.86. The SMILES string of the molecule is Cc1c(CNc2nccn2C)cnn1C. The Labute approximate surface area is 88.7 Å². The Balaban J connectivity index is 2.05. The minimum absolute atomic E-state index is 0.754. The molecule has 0 aliphatic carbocycles. The van der Waals surface area contributed by atoms with E-state index < -0.39 is 0 Å². The van der Waals surface area contributed by atoms with E-state index in [1.165, 1.54) is 11.3 Å². The highest BCUT2D eigenvalue weighted by atomic mass is 15.3. The largest absolute Gasteiger partial charge is 0.351 e. The van der Waals surface area contributed by atoms with Crippen LogP contribution in [0, 0.1) is 6.92 Å². The molecule has 1 N–H and O–H groups in total. The number of anilines is 1. The minimum atomic E-state index is 0.754. The first-order chi connectivity index (χ1) is 7.18. The van der Waals surface area contributed by atoms with Crippen LogP contribution >= 0.6 is 0 Å². The van der Waals surface area contributed by atoms with Crippen LogP contribution < -0.4 is 5.32 Å². The highest BCUT2D eigenvalue weighted by Gasteiger charge is 2.04. The molecule has 2 aromatic rings. The van der Waals surface area contributed by atoms with E-state index in [9.17, 15) is 0 Å². The van der Waals surface area contributed by atoms with E-state index in [1.807, 2.05) is 35.7 Å². The molecule has 0 fully saturated rings. The van der Waals surface area contributed by atoms with Crippen molar-refractivity contribution >= 4 is 5.95 Å². The Hall–Kier alpha value is -1.78. The molecule has 2 aromatic heterocycles. The summed E-state index contributed by atoms with van der Waals surface area (Å²) in [5, 5.41) is 7.45. The zero-order valence-electron chi connectivity index (χ0n) is 9.23. The molecule has 0 radical (unpaired) electrons. The quantitative estimate of drug-likeness (QED) is 0.815. The number of aromatic nitrogens is 4. The van der Waals surface area contributed by atoms with Crippen LogP contribution in [0.15, 0.2) is 18.6 Å². The van der Waals surface area contributed by atoms with Gasteiger partial charge in [0, 0.05) is 44.3 Å². The molecule has 0 unspecified atom stereocenters. The maximum atomic E-state index is 4.19. The fourth-order valence-corrected chi connectivity index (χ4v) is 1.43. The summed E-state index contributed by atoms with van der Waals surface area (Å²) in [5.74, 6) is 0.873. The van der Waals surface area contributed by atoms with E-state index in [1.54, 1.807) is 6.20 Å². The van der Waals surface area contributed by atoms with E-state index in [0.717, 1.165) is 12.5 Å². The Kier molecular flexibility index (Phi) is 2.45. The van der Waals surface area contributed by atoms with Crippen LogP contribution in [-0.4, -0.2) is 19.3 Å². The molecule has 2 rings (SSSR count). The molecule has 5 heteroatoms. The maximum absolute atomic E-state index is 4.19. The van der Waals surface area contributed by atoms with Gasteiger partial charge in [-0.05, 0) is 6.92 Å². The van der Waals surface area contributed by atoms with Crippen molar-refractivity contribution in [1.82, 2.24) is 19.3 Å². The van der Waals surface area contributed by atoms with E-state index in [0.29, 0.717) is 0 Å². The van der Waals surface area contributed by atoms with Gasteiger partial charge < -0.3 is 9.88 Å². The zero-order valence-corrected chi connectivity index (χ0v) is 9.23. The van der Waals surface area contributed by atoms with Crippen molar-refractivity contribution < 1.29 is 0 Å². The van der Waals surface area contributed by atoms with Crippen LogP contribution in [0.4, 0.5) is 5.95 Å². The molecular weight excluding hydrogens is 190 g/mol. The van der Waals surface area contributed by atoms with Gasteiger partial charge in [0.15, 0.2) is 0 Å². The van der Waals surface area contributed by atoms with Crippen molar-refractivity contribution in [2.24, 2.45) is 14.1 Å². The summed E-state index contributed by atoms with van der Waals surface area (Å²) in [7, 11) is 3.91. The molecule has 80 valence electrons. The molecule has 15 heavy (non-hydrogen) atoms. The lowest BCUT2D eigenvalue weighted by atomic mass is 10.2. The summed E-state index contributed by atoms with van der Waals surface area (Å²) in [6.07, 6.45) is 5.57. The normalized spacial score (nSPS) is 10.6. The summed E-state index contributed by atoms with van der Waals surface area (Å²) in [6.45, 7) is 2.81. The number of rotatable bonds is 3. The van der Waals surface area contributed by atoms with E-state index in [2.05, 4.69) is 22.3 Å². The van der Waals surface area contributed by atoms with Crippen LogP contribution in [0.25, 0.3) is 0 Å². The molecule has 0 saturated heterocycles. The van der Waals surface area contributed by atoms with Crippen LogP contribution in [-0.2, 0) is 20.6 Å². The Bertz CT molecular complexity index is 454. The summed E-state index contributed by atoms with van der Waals surface area (Å²) < 4.78 is 3.82. The second-order valence-electron chi connectivity index (χ2n) is 3.59. The standard InChI is InChI=1S/C10H15N5/c1-8-9(7-13-15(8)3)6-12-10-11-4-5-14(10)2/h4-5,7H,6H2,1-3H3,(H,11,12). The molecule has 5 nitrogen and oxygen atoms in total. The van der Waals surface area contributed by atoms with Gasteiger partial charge in [0.05, 0.1) is 6.20 Å². The van der Waals surface area contributed by atoms with Gasteiger partial charge in [-0.3, -0.25) is 4.68 Å². The van der Waals surface area contributed by atoms with E-state index >= 15 is 0 Å². The Morgan fingerprint density at radius 3 is 2.73 bits per heavy atom. The third-order valence-electron chi connectivity index (χ3n) is 2.60. The average Bonchev–Trinajstić information content (AvgIpc) is 2.74. The molecule has 2 heterocycles. The number of imidazole rings is 1. The predicted octanol–water partition coefficient (Wildman–Crippen LogP) is 1.07. The summed E-state index contributed by atoms with van der Waals surface area (Å²) in [5.41, 5.74) is 2.37. The summed E-state index contributed by atoms with van der Waals surface area (Å²) in [4.78, 5) is 4.19. The number of nitrogens with one attached hydrogen (secondary N) is 1. The summed E-state index contributed by atoms with van der Waals surface area (Å²) >= 11 is 0. The molecule has 0 saturated carbocycles. The molecule has 0 bridgehead atoms. The molecule has 0 aliphatic rings. The van der Waals surface area contributed by atoms with Crippen molar-refractivity contribution in [1.29, 1.82) is 0 Å². The number of nitrogens with zero attached hydrogens (tertiary/aromatic N) is 4. The van der Waals surface area contributed by atoms with Crippen LogP contribution in [0.3, 0.4) is 0 Å². The third-order valence-corrected chi connectivity index (χ3v) is 2.60.